The summed E-state index contributed by atoms with van der Waals surface area (Å²) in [6.07, 6.45) is 2.33. The molecule has 3 nitrogen and oxygen atoms in total. The second kappa shape index (κ2) is 8.65. The van der Waals surface area contributed by atoms with E-state index < -0.39 is 0 Å². The maximum atomic E-state index is 12.7. The molecule has 23 heavy (non-hydrogen) atoms. The Kier molecular flexibility index (Phi) is 7.14. The van der Waals surface area contributed by atoms with Crippen molar-refractivity contribution < 1.29 is 4.79 Å². The fourth-order valence-electron chi connectivity index (χ4n) is 3.23. The molecule has 2 heterocycles. The van der Waals surface area contributed by atoms with Crippen molar-refractivity contribution >= 4 is 41.8 Å². The first kappa shape index (κ1) is 19.0. The van der Waals surface area contributed by atoms with Crippen molar-refractivity contribution in [3.05, 3.63) is 35.4 Å². The third kappa shape index (κ3) is 4.38. The van der Waals surface area contributed by atoms with Crippen molar-refractivity contribution in [3.8, 4) is 0 Å². The Morgan fingerprint density at radius 3 is 2.48 bits per heavy atom. The lowest BCUT2D eigenvalue weighted by Gasteiger charge is -2.23. The minimum absolute atomic E-state index is 0. The maximum Gasteiger partial charge on any atom is 0.254 e. The molecule has 128 valence electrons. The summed E-state index contributed by atoms with van der Waals surface area (Å²) in [5.74, 6) is 3.08. The Morgan fingerprint density at radius 2 is 1.91 bits per heavy atom. The number of hydrogen-bond donors (Lipinski definition) is 1. The van der Waals surface area contributed by atoms with Gasteiger partial charge in [0.05, 0.1) is 4.58 Å². The van der Waals surface area contributed by atoms with E-state index in [4.69, 9.17) is 5.73 Å². The molecule has 6 heteroatoms. The third-order valence-electron chi connectivity index (χ3n) is 4.51. The SMILES string of the molecule is CC1CC(CN)CN1C(=O)c1ccc(C2SCCCS2)cc1.Cl. The lowest BCUT2D eigenvalue weighted by molar-refractivity contribution is 0.0743. The first-order chi connectivity index (χ1) is 10.7. The Bertz CT molecular complexity index is 520. The van der Waals surface area contributed by atoms with Crippen molar-refractivity contribution in [2.75, 3.05) is 24.6 Å². The standard InChI is InChI=1S/C17H24N2OS2.ClH/c1-12-9-13(10-18)11-19(12)16(20)14-3-5-15(6-4-14)17-21-7-2-8-22-17;/h3-6,12-13,17H,2,7-11,18H2,1H3;1H. The average Bonchev–Trinajstić information content (AvgIpc) is 2.96. The van der Waals surface area contributed by atoms with Crippen molar-refractivity contribution in [1.29, 1.82) is 0 Å². The molecule has 0 aromatic heterocycles. The molecule has 0 bridgehead atoms. The molecular weight excluding hydrogens is 348 g/mol. The van der Waals surface area contributed by atoms with Gasteiger partial charge in [-0.15, -0.1) is 35.9 Å². The Morgan fingerprint density at radius 1 is 1.26 bits per heavy atom. The molecule has 1 aromatic carbocycles. The van der Waals surface area contributed by atoms with Crippen LogP contribution in [0.4, 0.5) is 0 Å². The van der Waals surface area contributed by atoms with E-state index in [1.807, 2.05) is 40.6 Å². The largest absolute Gasteiger partial charge is 0.336 e. The highest BCUT2D eigenvalue weighted by Crippen LogP contribution is 2.43. The molecule has 0 spiro atoms. The van der Waals surface area contributed by atoms with Crippen LogP contribution in [0.15, 0.2) is 24.3 Å². The summed E-state index contributed by atoms with van der Waals surface area (Å²) in [5.41, 5.74) is 7.90. The zero-order valence-corrected chi connectivity index (χ0v) is 15.9. The van der Waals surface area contributed by atoms with E-state index in [9.17, 15) is 4.79 Å². The summed E-state index contributed by atoms with van der Waals surface area (Å²) in [6, 6.07) is 8.55. The van der Waals surface area contributed by atoms with Crippen molar-refractivity contribution in [2.45, 2.75) is 30.4 Å². The van der Waals surface area contributed by atoms with Gasteiger partial charge in [0.25, 0.3) is 5.91 Å². The summed E-state index contributed by atoms with van der Waals surface area (Å²) in [7, 11) is 0. The normalized spacial score (nSPS) is 25.2. The third-order valence-corrected chi connectivity index (χ3v) is 7.53. The molecule has 1 aromatic rings. The number of hydrogen-bond acceptors (Lipinski definition) is 4. The Labute approximate surface area is 153 Å². The van der Waals surface area contributed by atoms with E-state index in [1.165, 1.54) is 23.5 Å². The lowest BCUT2D eigenvalue weighted by atomic mass is 10.1. The van der Waals surface area contributed by atoms with Gasteiger partial charge in [-0.05, 0) is 61.4 Å². The first-order valence-corrected chi connectivity index (χ1v) is 10.1. The predicted octanol–water partition coefficient (Wildman–Crippen LogP) is 3.79. The molecule has 3 rings (SSSR count). The Hall–Kier alpha value is -0.360. The van der Waals surface area contributed by atoms with E-state index in [0.717, 1.165) is 18.5 Å². The van der Waals surface area contributed by atoms with Gasteiger partial charge in [0.2, 0.25) is 0 Å². The molecule has 1 amide bonds. The number of carbonyl (C=O) groups excluding carboxylic acids is 1. The molecule has 0 saturated carbocycles. The van der Waals surface area contributed by atoms with Crippen LogP contribution in [0.5, 0.6) is 0 Å². The van der Waals surface area contributed by atoms with Crippen LogP contribution in [-0.4, -0.2) is 41.4 Å². The molecule has 2 unspecified atom stereocenters. The van der Waals surface area contributed by atoms with Crippen LogP contribution >= 0.6 is 35.9 Å². The smallest absolute Gasteiger partial charge is 0.254 e. The second-order valence-electron chi connectivity index (χ2n) is 6.19. The molecule has 2 saturated heterocycles. The molecule has 2 N–H and O–H groups in total. The van der Waals surface area contributed by atoms with Crippen LogP contribution in [0.1, 0.15) is 40.3 Å². The number of rotatable bonds is 3. The Balaban J connectivity index is 0.00000192. The van der Waals surface area contributed by atoms with Crippen molar-refractivity contribution in [1.82, 2.24) is 4.90 Å². The van der Waals surface area contributed by atoms with Crippen LogP contribution < -0.4 is 5.73 Å². The zero-order chi connectivity index (χ0) is 15.5. The number of nitrogens with zero attached hydrogens (tertiary/aromatic N) is 1. The van der Waals surface area contributed by atoms with Crippen LogP contribution in [0.2, 0.25) is 0 Å². The van der Waals surface area contributed by atoms with Gasteiger partial charge in [0.1, 0.15) is 0 Å². The average molecular weight is 373 g/mol. The number of amides is 1. The first-order valence-electron chi connectivity index (χ1n) is 8.03. The monoisotopic (exact) mass is 372 g/mol. The number of thioether (sulfide) groups is 2. The highest BCUT2D eigenvalue weighted by atomic mass is 35.5. The van der Waals surface area contributed by atoms with E-state index in [0.29, 0.717) is 23.1 Å². The molecular formula is C17H25ClN2OS2. The van der Waals surface area contributed by atoms with Gasteiger partial charge < -0.3 is 10.6 Å². The molecule has 2 atom stereocenters. The second-order valence-corrected chi connectivity index (χ2v) is 8.92. The van der Waals surface area contributed by atoms with Gasteiger partial charge in [-0.2, -0.15) is 0 Å². The van der Waals surface area contributed by atoms with Gasteiger partial charge in [-0.25, -0.2) is 0 Å². The fourth-order valence-corrected chi connectivity index (χ4v) is 6.12. The van der Waals surface area contributed by atoms with E-state index in [-0.39, 0.29) is 18.3 Å². The molecule has 2 fully saturated rings. The number of nitrogens with two attached hydrogens (primary N) is 1. The molecule has 2 aliphatic rings. The van der Waals surface area contributed by atoms with Gasteiger partial charge in [-0.3, -0.25) is 4.79 Å². The minimum atomic E-state index is 0. The lowest BCUT2D eigenvalue weighted by Crippen LogP contribution is -2.34. The van der Waals surface area contributed by atoms with E-state index >= 15 is 0 Å². The fraction of sp³-hybridized carbons (Fsp3) is 0.588. The van der Waals surface area contributed by atoms with Gasteiger partial charge in [0.15, 0.2) is 0 Å². The van der Waals surface area contributed by atoms with Crippen LogP contribution in [0, 0.1) is 5.92 Å². The number of likely N-dealkylation sites (tertiary alicyclic amines) is 1. The van der Waals surface area contributed by atoms with Crippen molar-refractivity contribution in [2.24, 2.45) is 11.7 Å². The summed E-state index contributed by atoms with van der Waals surface area (Å²) in [5, 5.41) is 0. The zero-order valence-electron chi connectivity index (χ0n) is 13.4. The quantitative estimate of drug-likeness (QED) is 0.876. The summed E-state index contributed by atoms with van der Waals surface area (Å²) >= 11 is 4.03. The highest BCUT2D eigenvalue weighted by Gasteiger charge is 2.32. The van der Waals surface area contributed by atoms with Gasteiger partial charge in [-0.1, -0.05) is 12.1 Å². The molecule has 0 radical (unpaired) electrons. The predicted molar refractivity (Wildman–Crippen MR) is 104 cm³/mol. The number of benzene rings is 1. The molecule has 0 aliphatic carbocycles. The van der Waals surface area contributed by atoms with Crippen molar-refractivity contribution in [3.63, 3.8) is 0 Å². The topological polar surface area (TPSA) is 46.3 Å². The van der Waals surface area contributed by atoms with E-state index in [2.05, 4.69) is 19.1 Å². The summed E-state index contributed by atoms with van der Waals surface area (Å²) in [6.45, 7) is 3.59. The molecule has 2 aliphatic heterocycles. The van der Waals surface area contributed by atoms with Gasteiger partial charge >= 0.3 is 0 Å². The van der Waals surface area contributed by atoms with E-state index in [1.54, 1.807) is 0 Å². The van der Waals surface area contributed by atoms with Crippen LogP contribution in [-0.2, 0) is 0 Å². The van der Waals surface area contributed by atoms with Crippen LogP contribution in [0.3, 0.4) is 0 Å². The minimum Gasteiger partial charge on any atom is -0.336 e. The maximum absolute atomic E-state index is 12.7. The number of carbonyl (C=O) groups is 1. The number of halogens is 1. The summed E-state index contributed by atoms with van der Waals surface area (Å²) in [4.78, 5) is 14.7. The highest BCUT2D eigenvalue weighted by molar-refractivity contribution is 8.16. The van der Waals surface area contributed by atoms with Crippen LogP contribution in [0.25, 0.3) is 0 Å². The van der Waals surface area contributed by atoms with Gasteiger partial charge in [0, 0.05) is 18.2 Å². The summed E-state index contributed by atoms with van der Waals surface area (Å²) < 4.78 is 0.533.